The van der Waals surface area contributed by atoms with E-state index in [1.807, 2.05) is 18.3 Å². The number of ether oxygens (including phenoxy) is 1. The lowest BCUT2D eigenvalue weighted by Gasteiger charge is -2.33. The lowest BCUT2D eigenvalue weighted by molar-refractivity contribution is -0.126. The molecule has 0 radical (unpaired) electrons. The largest absolute Gasteiger partial charge is 0.479 e. The van der Waals surface area contributed by atoms with Crippen LogP contribution in [0.3, 0.4) is 0 Å². The fraction of sp³-hybridized carbons (Fsp3) is 0.368. The van der Waals surface area contributed by atoms with E-state index < -0.39 is 11.2 Å². The van der Waals surface area contributed by atoms with Gasteiger partial charge in [0, 0.05) is 30.7 Å². The second kappa shape index (κ2) is 5.23. The topological polar surface area (TPSA) is 59.8 Å². The van der Waals surface area contributed by atoms with E-state index >= 15 is 0 Å². The number of ketones is 1. The number of benzene rings is 1. The molecule has 3 heterocycles. The molecule has 4 rings (SSSR count). The van der Waals surface area contributed by atoms with Crippen molar-refractivity contribution in [3.05, 3.63) is 46.4 Å². The molecule has 5 nitrogen and oxygen atoms in total. The minimum atomic E-state index is -0.943. The number of likely N-dealkylation sites (tertiary alicyclic amines) is 1. The number of rotatable bonds is 1. The van der Waals surface area contributed by atoms with Gasteiger partial charge in [-0.3, -0.25) is 4.79 Å². The smallest absolute Gasteiger partial charge is 0.336 e. The third kappa shape index (κ3) is 2.31. The molecule has 0 saturated carbocycles. The Morgan fingerprint density at radius 3 is 2.54 bits per heavy atom. The second-order valence-electron chi connectivity index (χ2n) is 6.84. The number of fused-ring (bicyclic) bond motifs is 3. The lowest BCUT2D eigenvalue weighted by Crippen LogP contribution is -2.42. The summed E-state index contributed by atoms with van der Waals surface area (Å²) in [5, 5.41) is 0.775. The van der Waals surface area contributed by atoms with Crippen LogP contribution in [0.25, 0.3) is 16.5 Å². The van der Waals surface area contributed by atoms with E-state index in [0.29, 0.717) is 22.5 Å². The van der Waals surface area contributed by atoms with Crippen LogP contribution in [0.5, 0.6) is 5.75 Å². The molecule has 124 valence electrons. The Bertz CT molecular complexity index is 917. The van der Waals surface area contributed by atoms with Crippen molar-refractivity contribution < 1.29 is 13.9 Å². The predicted octanol–water partition coefficient (Wildman–Crippen LogP) is 2.97. The van der Waals surface area contributed by atoms with Crippen LogP contribution in [0.1, 0.15) is 32.3 Å². The Labute approximate surface area is 139 Å². The lowest BCUT2D eigenvalue weighted by atomic mass is 9.87. The molecule has 0 bridgehead atoms. The van der Waals surface area contributed by atoms with Crippen LogP contribution in [0.2, 0.25) is 0 Å². The highest BCUT2D eigenvalue weighted by molar-refractivity contribution is 6.28. The zero-order chi connectivity index (χ0) is 16.9. The van der Waals surface area contributed by atoms with Crippen LogP contribution in [0, 0.1) is 0 Å². The highest BCUT2D eigenvalue weighted by atomic mass is 16.5. The van der Waals surface area contributed by atoms with Crippen molar-refractivity contribution in [1.82, 2.24) is 4.90 Å². The van der Waals surface area contributed by atoms with Gasteiger partial charge in [0.1, 0.15) is 11.3 Å². The zero-order valence-corrected chi connectivity index (χ0v) is 13.8. The minimum Gasteiger partial charge on any atom is -0.479 e. The summed E-state index contributed by atoms with van der Waals surface area (Å²) in [4.78, 5) is 26.8. The van der Waals surface area contributed by atoms with E-state index in [2.05, 4.69) is 4.90 Å². The number of carbonyl (C=O) groups is 1. The first-order valence-corrected chi connectivity index (χ1v) is 8.23. The quantitative estimate of drug-likeness (QED) is 0.596. The van der Waals surface area contributed by atoms with Crippen LogP contribution in [0.4, 0.5) is 0 Å². The highest BCUT2D eigenvalue weighted by Crippen LogP contribution is 2.42. The summed E-state index contributed by atoms with van der Waals surface area (Å²) in [6, 6.07) is 6.77. The number of Topliss-reactive ketones (excluding diaryl/α,β-unsaturated/α-hetero) is 1. The van der Waals surface area contributed by atoms with Crippen molar-refractivity contribution in [2.45, 2.75) is 32.3 Å². The summed E-state index contributed by atoms with van der Waals surface area (Å²) >= 11 is 0. The SMILES string of the molecule is CC1(C)Oc2ccc3ccc(=O)oc3c2/C(=C/N2CCCC2)C1=O. The fourth-order valence-electron chi connectivity index (χ4n) is 3.39. The van der Waals surface area contributed by atoms with Gasteiger partial charge in [-0.15, -0.1) is 0 Å². The second-order valence-corrected chi connectivity index (χ2v) is 6.84. The number of hydrogen-bond acceptors (Lipinski definition) is 5. The molecule has 2 aliphatic heterocycles. The van der Waals surface area contributed by atoms with Gasteiger partial charge in [-0.2, -0.15) is 0 Å². The molecule has 1 saturated heterocycles. The van der Waals surface area contributed by atoms with Gasteiger partial charge in [-0.05, 0) is 44.9 Å². The van der Waals surface area contributed by atoms with Crippen molar-refractivity contribution in [3.63, 3.8) is 0 Å². The maximum Gasteiger partial charge on any atom is 0.336 e. The van der Waals surface area contributed by atoms with Crippen LogP contribution in [-0.4, -0.2) is 29.4 Å². The summed E-state index contributed by atoms with van der Waals surface area (Å²) in [6.07, 6.45) is 4.15. The molecule has 0 atom stereocenters. The Hall–Kier alpha value is -2.56. The molecular formula is C19H19NO4. The predicted molar refractivity (Wildman–Crippen MR) is 91.0 cm³/mol. The third-order valence-electron chi connectivity index (χ3n) is 4.63. The van der Waals surface area contributed by atoms with Gasteiger partial charge >= 0.3 is 5.63 Å². The van der Waals surface area contributed by atoms with Crippen molar-refractivity contribution in [2.24, 2.45) is 0 Å². The van der Waals surface area contributed by atoms with Gasteiger partial charge in [-0.25, -0.2) is 4.79 Å². The Morgan fingerprint density at radius 1 is 1.08 bits per heavy atom. The van der Waals surface area contributed by atoms with E-state index in [1.54, 1.807) is 19.9 Å². The van der Waals surface area contributed by atoms with Gasteiger partial charge in [0.25, 0.3) is 0 Å². The monoisotopic (exact) mass is 325 g/mol. The van der Waals surface area contributed by atoms with Crippen LogP contribution in [-0.2, 0) is 4.79 Å². The van der Waals surface area contributed by atoms with E-state index in [4.69, 9.17) is 9.15 Å². The highest BCUT2D eigenvalue weighted by Gasteiger charge is 2.41. The molecular weight excluding hydrogens is 306 g/mol. The van der Waals surface area contributed by atoms with Crippen molar-refractivity contribution in [1.29, 1.82) is 0 Å². The van der Waals surface area contributed by atoms with Gasteiger partial charge in [-0.1, -0.05) is 0 Å². The molecule has 1 aromatic carbocycles. The average molecular weight is 325 g/mol. The van der Waals surface area contributed by atoms with Crippen molar-refractivity contribution in [2.75, 3.05) is 13.1 Å². The Morgan fingerprint density at radius 2 is 1.79 bits per heavy atom. The molecule has 24 heavy (non-hydrogen) atoms. The maximum absolute atomic E-state index is 13.0. The number of hydrogen-bond donors (Lipinski definition) is 0. The summed E-state index contributed by atoms with van der Waals surface area (Å²) in [7, 11) is 0. The first-order chi connectivity index (χ1) is 11.5. The summed E-state index contributed by atoms with van der Waals surface area (Å²) in [5.74, 6) is 0.479. The molecule has 0 aliphatic carbocycles. The Kier molecular flexibility index (Phi) is 3.27. The molecule has 0 amide bonds. The maximum atomic E-state index is 13.0. The fourth-order valence-corrected chi connectivity index (χ4v) is 3.39. The van der Waals surface area contributed by atoms with Crippen LogP contribution < -0.4 is 10.4 Å². The minimum absolute atomic E-state index is 0.0964. The zero-order valence-electron chi connectivity index (χ0n) is 13.8. The van der Waals surface area contributed by atoms with Crippen molar-refractivity contribution in [3.8, 4) is 5.75 Å². The molecule has 1 aromatic heterocycles. The summed E-state index contributed by atoms with van der Waals surface area (Å²) in [6.45, 7) is 5.40. The molecule has 0 unspecified atom stereocenters. The van der Waals surface area contributed by atoms with Crippen molar-refractivity contribution >= 4 is 22.3 Å². The number of carbonyl (C=O) groups excluding carboxylic acids is 1. The number of nitrogens with zero attached hydrogens (tertiary/aromatic N) is 1. The van der Waals surface area contributed by atoms with E-state index in [9.17, 15) is 9.59 Å². The first kappa shape index (κ1) is 15.0. The van der Waals surface area contributed by atoms with Gasteiger partial charge < -0.3 is 14.1 Å². The molecule has 0 N–H and O–H groups in total. The molecule has 2 aromatic rings. The van der Waals surface area contributed by atoms with Gasteiger partial charge in [0.15, 0.2) is 5.60 Å². The summed E-state index contributed by atoms with van der Waals surface area (Å²) < 4.78 is 11.3. The molecule has 5 heteroatoms. The van der Waals surface area contributed by atoms with Gasteiger partial charge in [0.2, 0.25) is 5.78 Å². The van der Waals surface area contributed by atoms with Crippen LogP contribution >= 0.6 is 0 Å². The Balaban J connectivity index is 2.01. The third-order valence-corrected chi connectivity index (χ3v) is 4.63. The standard InChI is InChI=1S/C19H19NO4/c1-19(2)18(22)13(11-20-9-3-4-10-20)16-14(24-19)7-5-12-6-8-15(21)23-17(12)16/h5-8,11H,3-4,9-10H2,1-2H3/b13-11-. The van der Waals surface area contributed by atoms with E-state index in [1.165, 1.54) is 6.07 Å². The van der Waals surface area contributed by atoms with E-state index in [0.717, 1.165) is 31.3 Å². The van der Waals surface area contributed by atoms with Gasteiger partial charge in [0.05, 0.1) is 11.1 Å². The summed E-state index contributed by atoms with van der Waals surface area (Å²) in [5.41, 5.74) is 0.175. The van der Waals surface area contributed by atoms with E-state index in [-0.39, 0.29) is 5.78 Å². The van der Waals surface area contributed by atoms with Crippen LogP contribution in [0.15, 0.2) is 39.7 Å². The molecule has 2 aliphatic rings. The first-order valence-electron chi connectivity index (χ1n) is 8.23. The average Bonchev–Trinajstić information content (AvgIpc) is 3.04. The normalized spacial score (nSPS) is 21.2. The molecule has 1 fully saturated rings. The molecule has 0 spiro atoms.